The Morgan fingerprint density at radius 3 is 2.35 bits per heavy atom. The molecule has 0 aliphatic carbocycles. The summed E-state index contributed by atoms with van der Waals surface area (Å²) in [5, 5.41) is 2.57. The first-order chi connectivity index (χ1) is 10.7. The number of nitrogens with one attached hydrogen (secondary N) is 1. The number of alkyl halides is 3. The standard InChI is InChI=1S/C15H18F3N3O2/c1-20(2)11-7-5-10(6-8-11)19-13(22)12-4-3-9-21(12)14(23)15(16,17)18/h5-8,12H,3-4,9H2,1-2H3,(H,19,22). The number of nitrogens with zero attached hydrogens (tertiary/aromatic N) is 2. The molecule has 23 heavy (non-hydrogen) atoms. The minimum Gasteiger partial charge on any atom is -0.378 e. The van der Waals surface area contributed by atoms with Crippen LogP contribution in [0.1, 0.15) is 12.8 Å². The number of carbonyl (C=O) groups excluding carboxylic acids is 2. The number of anilines is 2. The summed E-state index contributed by atoms with van der Waals surface area (Å²) in [7, 11) is 3.74. The molecule has 1 N–H and O–H groups in total. The minimum absolute atomic E-state index is 0.0595. The van der Waals surface area contributed by atoms with Crippen molar-refractivity contribution >= 4 is 23.2 Å². The fourth-order valence-electron chi connectivity index (χ4n) is 2.51. The fraction of sp³-hybridized carbons (Fsp3) is 0.467. The van der Waals surface area contributed by atoms with Gasteiger partial charge in [-0.15, -0.1) is 0 Å². The van der Waals surface area contributed by atoms with E-state index in [2.05, 4.69) is 5.32 Å². The maximum Gasteiger partial charge on any atom is 0.471 e. The smallest absolute Gasteiger partial charge is 0.378 e. The van der Waals surface area contributed by atoms with Gasteiger partial charge in [0.25, 0.3) is 0 Å². The topological polar surface area (TPSA) is 52.7 Å². The molecule has 8 heteroatoms. The number of halogens is 3. The van der Waals surface area contributed by atoms with Gasteiger partial charge in [0.1, 0.15) is 6.04 Å². The maximum absolute atomic E-state index is 12.6. The van der Waals surface area contributed by atoms with Gasteiger partial charge >= 0.3 is 12.1 Å². The first kappa shape index (κ1) is 17.1. The molecule has 5 nitrogen and oxygen atoms in total. The monoisotopic (exact) mass is 329 g/mol. The molecular weight excluding hydrogens is 311 g/mol. The fourth-order valence-corrected chi connectivity index (χ4v) is 2.51. The van der Waals surface area contributed by atoms with Crippen molar-refractivity contribution in [2.45, 2.75) is 25.1 Å². The van der Waals surface area contributed by atoms with Crippen LogP contribution in [0.5, 0.6) is 0 Å². The Kier molecular flexibility index (Phi) is 4.82. The quantitative estimate of drug-likeness (QED) is 0.925. The summed E-state index contributed by atoms with van der Waals surface area (Å²) in [6, 6.07) is 5.81. The summed E-state index contributed by atoms with van der Waals surface area (Å²) in [4.78, 5) is 26.0. The van der Waals surface area contributed by atoms with Crippen molar-refractivity contribution < 1.29 is 22.8 Å². The summed E-state index contributed by atoms with van der Waals surface area (Å²) in [6.45, 7) is -0.0595. The highest BCUT2D eigenvalue weighted by Gasteiger charge is 2.47. The second-order valence-corrected chi connectivity index (χ2v) is 5.58. The van der Waals surface area contributed by atoms with Crippen molar-refractivity contribution in [3.63, 3.8) is 0 Å². The zero-order valence-corrected chi connectivity index (χ0v) is 12.9. The summed E-state index contributed by atoms with van der Waals surface area (Å²) in [6.07, 6.45) is -4.36. The first-order valence-corrected chi connectivity index (χ1v) is 7.16. The van der Waals surface area contributed by atoms with Crippen molar-refractivity contribution in [2.75, 3.05) is 30.9 Å². The number of rotatable bonds is 3. The molecule has 2 rings (SSSR count). The van der Waals surface area contributed by atoms with Gasteiger partial charge in [0.2, 0.25) is 5.91 Å². The Morgan fingerprint density at radius 2 is 1.83 bits per heavy atom. The molecule has 1 aromatic carbocycles. The lowest BCUT2D eigenvalue weighted by molar-refractivity contribution is -0.186. The van der Waals surface area contributed by atoms with Crippen LogP contribution in [0.25, 0.3) is 0 Å². The number of likely N-dealkylation sites (tertiary alicyclic amines) is 1. The van der Waals surface area contributed by atoms with Crippen molar-refractivity contribution in [3.8, 4) is 0 Å². The lowest BCUT2D eigenvalue weighted by atomic mass is 10.2. The van der Waals surface area contributed by atoms with E-state index in [-0.39, 0.29) is 13.0 Å². The molecule has 126 valence electrons. The minimum atomic E-state index is -4.96. The van der Waals surface area contributed by atoms with Gasteiger partial charge in [-0.2, -0.15) is 13.2 Å². The number of amides is 2. The number of benzene rings is 1. The third kappa shape index (κ3) is 3.94. The highest BCUT2D eigenvalue weighted by Crippen LogP contribution is 2.26. The van der Waals surface area contributed by atoms with Gasteiger partial charge in [-0.05, 0) is 37.1 Å². The van der Waals surface area contributed by atoms with Crippen LogP contribution in [-0.4, -0.2) is 49.6 Å². The van der Waals surface area contributed by atoms with Crippen molar-refractivity contribution in [3.05, 3.63) is 24.3 Å². The second-order valence-electron chi connectivity index (χ2n) is 5.58. The Morgan fingerprint density at radius 1 is 1.22 bits per heavy atom. The molecule has 1 aliphatic rings. The molecule has 1 aromatic rings. The van der Waals surface area contributed by atoms with E-state index in [9.17, 15) is 22.8 Å². The molecule has 1 unspecified atom stereocenters. The average Bonchev–Trinajstić information content (AvgIpc) is 2.95. The number of hydrogen-bond acceptors (Lipinski definition) is 3. The Hall–Kier alpha value is -2.25. The van der Waals surface area contributed by atoms with E-state index in [0.29, 0.717) is 17.0 Å². The molecule has 1 fully saturated rings. The van der Waals surface area contributed by atoms with Crippen LogP contribution in [0, 0.1) is 0 Å². The van der Waals surface area contributed by atoms with Gasteiger partial charge in [0.05, 0.1) is 0 Å². The zero-order chi connectivity index (χ0) is 17.2. The van der Waals surface area contributed by atoms with Gasteiger partial charge < -0.3 is 15.1 Å². The van der Waals surface area contributed by atoms with Crippen LogP contribution < -0.4 is 10.2 Å². The molecule has 1 atom stereocenters. The largest absolute Gasteiger partial charge is 0.471 e. The van der Waals surface area contributed by atoms with Gasteiger partial charge in [-0.3, -0.25) is 9.59 Å². The number of hydrogen-bond donors (Lipinski definition) is 1. The van der Waals surface area contributed by atoms with Crippen LogP contribution in [0.2, 0.25) is 0 Å². The molecule has 1 aliphatic heterocycles. The van der Waals surface area contributed by atoms with Crippen LogP contribution in [0.4, 0.5) is 24.5 Å². The average molecular weight is 329 g/mol. The lowest BCUT2D eigenvalue weighted by Gasteiger charge is -2.24. The van der Waals surface area contributed by atoms with Gasteiger partial charge in [0, 0.05) is 32.0 Å². The summed E-state index contributed by atoms with van der Waals surface area (Å²) < 4.78 is 37.7. The van der Waals surface area contributed by atoms with E-state index < -0.39 is 24.0 Å². The third-order valence-electron chi connectivity index (χ3n) is 3.71. The van der Waals surface area contributed by atoms with Crippen molar-refractivity contribution in [2.24, 2.45) is 0 Å². The summed E-state index contributed by atoms with van der Waals surface area (Å²) in [5.74, 6) is -2.56. The molecule has 0 spiro atoms. The normalized spacial score (nSPS) is 18.0. The Labute approximate surface area is 132 Å². The van der Waals surface area contributed by atoms with Crippen molar-refractivity contribution in [1.82, 2.24) is 4.90 Å². The van der Waals surface area contributed by atoms with Gasteiger partial charge in [-0.25, -0.2) is 0 Å². The third-order valence-corrected chi connectivity index (χ3v) is 3.71. The van der Waals surface area contributed by atoms with Crippen molar-refractivity contribution in [1.29, 1.82) is 0 Å². The van der Waals surface area contributed by atoms with E-state index in [0.717, 1.165) is 5.69 Å². The van der Waals surface area contributed by atoms with Crippen LogP contribution in [-0.2, 0) is 9.59 Å². The molecule has 0 bridgehead atoms. The summed E-state index contributed by atoms with van der Waals surface area (Å²) >= 11 is 0. The summed E-state index contributed by atoms with van der Waals surface area (Å²) in [5.41, 5.74) is 1.41. The van der Waals surface area contributed by atoms with Gasteiger partial charge in [0.15, 0.2) is 0 Å². The Bertz CT molecular complexity index is 585. The van der Waals surface area contributed by atoms with Crippen LogP contribution in [0.15, 0.2) is 24.3 Å². The predicted octanol–water partition coefficient (Wildman–Crippen LogP) is 2.24. The second kappa shape index (κ2) is 6.47. The molecule has 0 aromatic heterocycles. The zero-order valence-electron chi connectivity index (χ0n) is 12.9. The van der Waals surface area contributed by atoms with Gasteiger partial charge in [-0.1, -0.05) is 0 Å². The molecule has 1 heterocycles. The van der Waals surface area contributed by atoms with E-state index in [1.807, 2.05) is 19.0 Å². The van der Waals surface area contributed by atoms with E-state index in [1.165, 1.54) is 0 Å². The van der Waals surface area contributed by atoms with Crippen LogP contribution in [0.3, 0.4) is 0 Å². The SMILES string of the molecule is CN(C)c1ccc(NC(=O)C2CCCN2C(=O)C(F)(F)F)cc1. The highest BCUT2D eigenvalue weighted by molar-refractivity contribution is 5.98. The predicted molar refractivity (Wildman–Crippen MR) is 80.2 cm³/mol. The molecule has 1 saturated heterocycles. The first-order valence-electron chi connectivity index (χ1n) is 7.16. The molecule has 0 saturated carbocycles. The number of carbonyl (C=O) groups is 2. The van der Waals surface area contributed by atoms with Crippen LogP contribution >= 0.6 is 0 Å². The van der Waals surface area contributed by atoms with E-state index in [1.54, 1.807) is 24.3 Å². The Balaban J connectivity index is 2.06. The highest BCUT2D eigenvalue weighted by atomic mass is 19.4. The lowest BCUT2D eigenvalue weighted by Crippen LogP contribution is -2.48. The van der Waals surface area contributed by atoms with E-state index in [4.69, 9.17) is 0 Å². The molecule has 2 amide bonds. The maximum atomic E-state index is 12.6. The molecule has 0 radical (unpaired) electrons. The molecular formula is C15H18F3N3O2. The van der Waals surface area contributed by atoms with E-state index >= 15 is 0 Å².